The van der Waals surface area contributed by atoms with E-state index in [1.165, 1.54) is 74.4 Å². The normalized spacial score (nSPS) is 10.7. The number of hydrogen-bond donors (Lipinski definition) is 0. The topological polar surface area (TPSA) is 69.4 Å². The summed E-state index contributed by atoms with van der Waals surface area (Å²) in [7, 11) is 0. The standard InChI is InChI=1S/C21H29NO4/c1-3-5-7-10-18(11-8-6-4-2)12-9-13-21(23)26-20-16-14-19(15-17-20)22(24)25/h9,12-17H,3-8,10-11H2,1-2H3. The van der Waals surface area contributed by atoms with Gasteiger partial charge in [-0.1, -0.05) is 57.3 Å². The minimum atomic E-state index is -0.491. The van der Waals surface area contributed by atoms with Gasteiger partial charge in [0.15, 0.2) is 0 Å². The van der Waals surface area contributed by atoms with Gasteiger partial charge in [0.1, 0.15) is 5.75 Å². The predicted molar refractivity (Wildman–Crippen MR) is 104 cm³/mol. The van der Waals surface area contributed by atoms with Crippen LogP contribution in [0.3, 0.4) is 0 Å². The fourth-order valence-corrected chi connectivity index (χ4v) is 2.54. The third-order valence-electron chi connectivity index (χ3n) is 4.03. The SMILES string of the molecule is CCCCCC(=CC=CC(=O)Oc1ccc([N+](=O)[O-])cc1)CCCCC. The number of nitrogens with zero attached hydrogens (tertiary/aromatic N) is 1. The number of non-ortho nitro benzene ring substituents is 1. The number of ether oxygens (including phenoxy) is 1. The number of esters is 1. The Morgan fingerprint density at radius 1 is 1.04 bits per heavy atom. The molecule has 0 N–H and O–H groups in total. The number of unbranched alkanes of at least 4 members (excludes halogenated alkanes) is 4. The van der Waals surface area contributed by atoms with Crippen molar-refractivity contribution in [3.63, 3.8) is 0 Å². The molecule has 0 fully saturated rings. The third kappa shape index (κ3) is 9.16. The Morgan fingerprint density at radius 2 is 1.62 bits per heavy atom. The van der Waals surface area contributed by atoms with Gasteiger partial charge in [0.05, 0.1) is 4.92 Å². The van der Waals surface area contributed by atoms with Crippen LogP contribution in [0.4, 0.5) is 5.69 Å². The Labute approximate surface area is 155 Å². The Bertz CT molecular complexity index is 605. The van der Waals surface area contributed by atoms with Gasteiger partial charge in [0, 0.05) is 18.2 Å². The van der Waals surface area contributed by atoms with Crippen molar-refractivity contribution in [2.75, 3.05) is 0 Å². The van der Waals surface area contributed by atoms with Gasteiger partial charge in [-0.15, -0.1) is 0 Å². The van der Waals surface area contributed by atoms with E-state index in [0.29, 0.717) is 5.75 Å². The zero-order valence-electron chi connectivity index (χ0n) is 15.8. The number of rotatable bonds is 12. The molecule has 0 aliphatic carbocycles. The average molecular weight is 359 g/mol. The van der Waals surface area contributed by atoms with Crippen LogP contribution in [0.1, 0.15) is 65.2 Å². The summed E-state index contributed by atoms with van der Waals surface area (Å²) in [5.41, 5.74) is 1.33. The van der Waals surface area contributed by atoms with Gasteiger partial charge in [-0.05, 0) is 37.8 Å². The molecule has 142 valence electrons. The number of carbonyl (C=O) groups is 1. The van der Waals surface area contributed by atoms with E-state index in [2.05, 4.69) is 13.8 Å². The van der Waals surface area contributed by atoms with Crippen molar-refractivity contribution < 1.29 is 14.5 Å². The summed E-state index contributed by atoms with van der Waals surface area (Å²) < 4.78 is 5.15. The van der Waals surface area contributed by atoms with E-state index in [1.807, 2.05) is 6.08 Å². The second-order valence-electron chi connectivity index (χ2n) is 6.27. The molecule has 1 aromatic carbocycles. The van der Waals surface area contributed by atoms with Gasteiger partial charge >= 0.3 is 5.97 Å². The smallest absolute Gasteiger partial charge is 0.336 e. The predicted octanol–water partition coefficient (Wildman–Crippen LogP) is 6.14. The first-order valence-corrected chi connectivity index (χ1v) is 9.39. The Hall–Kier alpha value is -2.43. The maximum Gasteiger partial charge on any atom is 0.336 e. The molecule has 0 spiro atoms. The summed E-state index contributed by atoms with van der Waals surface area (Å²) in [6, 6.07) is 5.46. The zero-order chi connectivity index (χ0) is 19.2. The Morgan fingerprint density at radius 3 is 2.12 bits per heavy atom. The van der Waals surface area contributed by atoms with Crippen molar-refractivity contribution in [2.24, 2.45) is 0 Å². The molecule has 0 heterocycles. The van der Waals surface area contributed by atoms with Gasteiger partial charge in [-0.2, -0.15) is 0 Å². The van der Waals surface area contributed by atoms with Crippen LogP contribution in [0.2, 0.25) is 0 Å². The number of nitro benzene ring substituents is 1. The van der Waals surface area contributed by atoms with Gasteiger partial charge in [0.2, 0.25) is 0 Å². The molecular formula is C21H29NO4. The van der Waals surface area contributed by atoms with Crippen molar-refractivity contribution in [1.82, 2.24) is 0 Å². The lowest BCUT2D eigenvalue weighted by Gasteiger charge is -2.06. The molecule has 0 unspecified atom stereocenters. The van der Waals surface area contributed by atoms with E-state index in [9.17, 15) is 14.9 Å². The van der Waals surface area contributed by atoms with E-state index in [1.54, 1.807) is 6.08 Å². The molecule has 0 aromatic heterocycles. The molecule has 0 saturated carbocycles. The first-order valence-electron chi connectivity index (χ1n) is 9.39. The summed E-state index contributed by atoms with van der Waals surface area (Å²) in [4.78, 5) is 22.0. The first kappa shape index (κ1) is 21.6. The maximum atomic E-state index is 11.9. The number of allylic oxidation sites excluding steroid dienone is 3. The van der Waals surface area contributed by atoms with E-state index < -0.39 is 10.9 Å². The van der Waals surface area contributed by atoms with Gasteiger partial charge in [0.25, 0.3) is 5.69 Å². The summed E-state index contributed by atoms with van der Waals surface area (Å²) >= 11 is 0. The monoisotopic (exact) mass is 359 g/mol. The highest BCUT2D eigenvalue weighted by atomic mass is 16.6. The minimum Gasteiger partial charge on any atom is -0.423 e. The highest BCUT2D eigenvalue weighted by Gasteiger charge is 2.06. The van der Waals surface area contributed by atoms with Gasteiger partial charge in [-0.25, -0.2) is 4.79 Å². The van der Waals surface area contributed by atoms with Crippen molar-refractivity contribution in [3.05, 3.63) is 58.2 Å². The molecule has 1 rings (SSSR count). The third-order valence-corrected chi connectivity index (χ3v) is 4.03. The molecule has 5 nitrogen and oxygen atoms in total. The van der Waals surface area contributed by atoms with Crippen LogP contribution in [-0.4, -0.2) is 10.9 Å². The van der Waals surface area contributed by atoms with Crippen LogP contribution in [0.5, 0.6) is 5.75 Å². The quantitative estimate of drug-likeness (QED) is 0.0854. The molecule has 1 aromatic rings. The van der Waals surface area contributed by atoms with E-state index in [-0.39, 0.29) is 5.69 Å². The highest BCUT2D eigenvalue weighted by molar-refractivity contribution is 5.84. The largest absolute Gasteiger partial charge is 0.423 e. The van der Waals surface area contributed by atoms with E-state index in [0.717, 1.165) is 12.8 Å². The summed E-state index contributed by atoms with van der Waals surface area (Å²) in [5.74, 6) is -0.197. The molecule has 0 amide bonds. The average Bonchev–Trinajstić information content (AvgIpc) is 2.62. The first-order chi connectivity index (χ1) is 12.6. The van der Waals surface area contributed by atoms with Crippen molar-refractivity contribution in [3.8, 4) is 5.75 Å². The zero-order valence-corrected chi connectivity index (χ0v) is 15.8. The summed E-state index contributed by atoms with van der Waals surface area (Å²) in [6.07, 6.45) is 14.5. The molecule has 0 aliphatic rings. The molecule has 5 heteroatoms. The van der Waals surface area contributed by atoms with Crippen molar-refractivity contribution >= 4 is 11.7 Å². The minimum absolute atomic E-state index is 0.0351. The van der Waals surface area contributed by atoms with Crippen LogP contribution in [0.15, 0.2) is 48.1 Å². The molecule has 26 heavy (non-hydrogen) atoms. The maximum absolute atomic E-state index is 11.9. The van der Waals surface area contributed by atoms with Crippen LogP contribution in [-0.2, 0) is 4.79 Å². The number of carbonyl (C=O) groups excluding carboxylic acids is 1. The Balaban J connectivity index is 2.57. The fourth-order valence-electron chi connectivity index (χ4n) is 2.54. The van der Waals surface area contributed by atoms with Crippen LogP contribution in [0, 0.1) is 10.1 Å². The van der Waals surface area contributed by atoms with Crippen molar-refractivity contribution in [1.29, 1.82) is 0 Å². The molecule has 0 bridgehead atoms. The molecular weight excluding hydrogens is 330 g/mol. The number of hydrogen-bond acceptors (Lipinski definition) is 4. The van der Waals surface area contributed by atoms with Gasteiger partial charge in [-0.3, -0.25) is 10.1 Å². The number of benzene rings is 1. The van der Waals surface area contributed by atoms with Gasteiger partial charge < -0.3 is 4.74 Å². The summed E-state index contributed by atoms with van der Waals surface area (Å²) in [6.45, 7) is 4.38. The second-order valence-corrected chi connectivity index (χ2v) is 6.27. The van der Waals surface area contributed by atoms with E-state index >= 15 is 0 Å². The molecule has 0 aliphatic heterocycles. The van der Waals surface area contributed by atoms with Crippen LogP contribution < -0.4 is 4.74 Å². The van der Waals surface area contributed by atoms with Crippen LogP contribution >= 0.6 is 0 Å². The van der Waals surface area contributed by atoms with Crippen molar-refractivity contribution in [2.45, 2.75) is 65.2 Å². The summed E-state index contributed by atoms with van der Waals surface area (Å²) in [5, 5.41) is 10.6. The molecule has 0 radical (unpaired) electrons. The molecule has 0 saturated heterocycles. The second kappa shape index (κ2) is 12.9. The number of nitro groups is 1. The Kier molecular flexibility index (Phi) is 10.7. The lowest BCUT2D eigenvalue weighted by atomic mass is 10.0. The lowest BCUT2D eigenvalue weighted by Crippen LogP contribution is -2.03. The lowest BCUT2D eigenvalue weighted by molar-refractivity contribution is -0.384. The molecule has 0 atom stereocenters. The van der Waals surface area contributed by atoms with E-state index in [4.69, 9.17) is 4.74 Å². The highest BCUT2D eigenvalue weighted by Crippen LogP contribution is 2.18. The van der Waals surface area contributed by atoms with Crippen LogP contribution in [0.25, 0.3) is 0 Å². The fraction of sp³-hybridized carbons (Fsp3) is 0.476.